The summed E-state index contributed by atoms with van der Waals surface area (Å²) in [6.07, 6.45) is 6.49. The third-order valence-electron chi connectivity index (χ3n) is 4.32. The van der Waals surface area contributed by atoms with Gasteiger partial charge in [-0.1, -0.05) is 5.16 Å². The Balaban J connectivity index is 1.57. The van der Waals surface area contributed by atoms with Crippen molar-refractivity contribution in [2.24, 2.45) is 0 Å². The molecule has 3 rings (SSSR count). The van der Waals surface area contributed by atoms with Crippen molar-refractivity contribution in [3.8, 4) is 11.6 Å². The van der Waals surface area contributed by atoms with Crippen LogP contribution in [0.25, 0.3) is 11.6 Å². The van der Waals surface area contributed by atoms with Crippen LogP contribution in [0.15, 0.2) is 27.3 Å². The molecule has 0 aliphatic heterocycles. The first-order chi connectivity index (χ1) is 10.3. The summed E-state index contributed by atoms with van der Waals surface area (Å²) >= 11 is 0. The van der Waals surface area contributed by atoms with Crippen LogP contribution < -0.4 is 5.32 Å². The standard InChI is InChI=1S/C15H22N4O2/c1-16-11-5-7-12(8-6-11)19(2)10-14-17-15(18-21-14)13-4-3-9-20-13/h3-4,9,11-12,16H,5-8,10H2,1-2H3. The molecule has 21 heavy (non-hydrogen) atoms. The van der Waals surface area contributed by atoms with Gasteiger partial charge in [0.2, 0.25) is 11.7 Å². The third kappa shape index (κ3) is 3.33. The van der Waals surface area contributed by atoms with Crippen LogP contribution in [0.4, 0.5) is 0 Å². The summed E-state index contributed by atoms with van der Waals surface area (Å²) in [7, 11) is 4.17. The topological polar surface area (TPSA) is 67.3 Å². The molecule has 1 fully saturated rings. The molecule has 1 aliphatic carbocycles. The van der Waals surface area contributed by atoms with Crippen molar-refractivity contribution >= 4 is 0 Å². The van der Waals surface area contributed by atoms with E-state index in [9.17, 15) is 0 Å². The molecule has 1 aliphatic rings. The molecule has 0 bridgehead atoms. The van der Waals surface area contributed by atoms with Crippen molar-refractivity contribution in [3.05, 3.63) is 24.3 Å². The number of hydrogen-bond acceptors (Lipinski definition) is 6. The molecule has 2 heterocycles. The molecular formula is C15H22N4O2. The molecule has 114 valence electrons. The highest BCUT2D eigenvalue weighted by molar-refractivity contribution is 5.44. The van der Waals surface area contributed by atoms with E-state index >= 15 is 0 Å². The minimum atomic E-state index is 0.516. The molecule has 0 unspecified atom stereocenters. The molecule has 0 aromatic carbocycles. The maximum absolute atomic E-state index is 5.32. The number of hydrogen-bond donors (Lipinski definition) is 1. The van der Waals surface area contributed by atoms with Crippen molar-refractivity contribution in [1.29, 1.82) is 0 Å². The molecule has 0 amide bonds. The fourth-order valence-electron chi connectivity index (χ4n) is 2.97. The lowest BCUT2D eigenvalue weighted by Crippen LogP contribution is -2.39. The molecular weight excluding hydrogens is 268 g/mol. The summed E-state index contributed by atoms with van der Waals surface area (Å²) in [5.74, 6) is 1.80. The zero-order chi connectivity index (χ0) is 14.7. The quantitative estimate of drug-likeness (QED) is 0.911. The average molecular weight is 290 g/mol. The largest absolute Gasteiger partial charge is 0.461 e. The number of nitrogens with zero attached hydrogens (tertiary/aromatic N) is 3. The summed E-state index contributed by atoms with van der Waals surface area (Å²) in [5, 5.41) is 7.33. The summed E-state index contributed by atoms with van der Waals surface area (Å²) < 4.78 is 10.6. The highest BCUT2D eigenvalue weighted by Crippen LogP contribution is 2.23. The molecule has 0 spiro atoms. The Labute approximate surface area is 124 Å². The van der Waals surface area contributed by atoms with E-state index in [2.05, 4.69) is 27.4 Å². The first kappa shape index (κ1) is 14.3. The number of rotatable bonds is 5. The molecule has 1 N–H and O–H groups in total. The van der Waals surface area contributed by atoms with Gasteiger partial charge in [0.05, 0.1) is 12.8 Å². The van der Waals surface area contributed by atoms with E-state index in [1.165, 1.54) is 25.7 Å². The maximum atomic E-state index is 5.32. The highest BCUT2D eigenvalue weighted by atomic mass is 16.5. The summed E-state index contributed by atoms with van der Waals surface area (Å²) in [4.78, 5) is 6.70. The van der Waals surface area contributed by atoms with Gasteiger partial charge in [-0.25, -0.2) is 0 Å². The average Bonchev–Trinajstić information content (AvgIpc) is 3.18. The first-order valence-corrected chi connectivity index (χ1v) is 7.50. The lowest BCUT2D eigenvalue weighted by molar-refractivity contribution is 0.153. The van der Waals surface area contributed by atoms with Crippen LogP contribution in [-0.4, -0.2) is 41.2 Å². The minimum Gasteiger partial charge on any atom is -0.461 e. The zero-order valence-electron chi connectivity index (χ0n) is 12.6. The minimum absolute atomic E-state index is 0.516. The second kappa shape index (κ2) is 6.41. The molecule has 1 saturated carbocycles. The monoisotopic (exact) mass is 290 g/mol. The van der Waals surface area contributed by atoms with Gasteiger partial charge < -0.3 is 14.3 Å². The summed E-state index contributed by atoms with van der Waals surface area (Å²) in [6.45, 7) is 0.683. The van der Waals surface area contributed by atoms with E-state index in [4.69, 9.17) is 8.94 Å². The molecule has 0 radical (unpaired) electrons. The van der Waals surface area contributed by atoms with E-state index in [0.717, 1.165) is 0 Å². The number of nitrogens with one attached hydrogen (secondary N) is 1. The summed E-state index contributed by atoms with van der Waals surface area (Å²) in [6, 6.07) is 4.91. The molecule has 6 nitrogen and oxygen atoms in total. The lowest BCUT2D eigenvalue weighted by atomic mass is 9.90. The third-order valence-corrected chi connectivity index (χ3v) is 4.32. The Morgan fingerprint density at radius 2 is 2.14 bits per heavy atom. The van der Waals surface area contributed by atoms with Crippen LogP contribution in [0.3, 0.4) is 0 Å². The van der Waals surface area contributed by atoms with E-state index in [1.807, 2.05) is 19.2 Å². The van der Waals surface area contributed by atoms with Gasteiger partial charge in [-0.3, -0.25) is 4.90 Å². The Morgan fingerprint density at radius 1 is 1.33 bits per heavy atom. The fourth-order valence-corrected chi connectivity index (χ4v) is 2.97. The highest BCUT2D eigenvalue weighted by Gasteiger charge is 2.24. The molecule has 2 aromatic rings. The van der Waals surface area contributed by atoms with Crippen LogP contribution in [0.1, 0.15) is 31.6 Å². The normalized spacial score (nSPS) is 22.8. The molecule has 2 aromatic heterocycles. The second-order valence-corrected chi connectivity index (χ2v) is 5.70. The van der Waals surface area contributed by atoms with Crippen molar-refractivity contribution in [2.45, 2.75) is 44.3 Å². The van der Waals surface area contributed by atoms with E-state index in [0.29, 0.717) is 36.1 Å². The Kier molecular flexibility index (Phi) is 4.36. The van der Waals surface area contributed by atoms with Crippen LogP contribution in [-0.2, 0) is 6.54 Å². The van der Waals surface area contributed by atoms with Gasteiger partial charge >= 0.3 is 0 Å². The Bertz CT molecular complexity index is 544. The van der Waals surface area contributed by atoms with Gasteiger partial charge in [0, 0.05) is 12.1 Å². The smallest absolute Gasteiger partial charge is 0.241 e. The number of furan rings is 1. The fraction of sp³-hybridized carbons (Fsp3) is 0.600. The number of aromatic nitrogens is 2. The van der Waals surface area contributed by atoms with E-state index in [-0.39, 0.29) is 0 Å². The Morgan fingerprint density at radius 3 is 2.81 bits per heavy atom. The summed E-state index contributed by atoms with van der Waals surface area (Å²) in [5.41, 5.74) is 0. The van der Waals surface area contributed by atoms with Gasteiger partial charge in [0.15, 0.2) is 5.76 Å². The van der Waals surface area contributed by atoms with Crippen molar-refractivity contribution in [2.75, 3.05) is 14.1 Å². The molecule has 6 heteroatoms. The van der Waals surface area contributed by atoms with E-state index < -0.39 is 0 Å². The molecule has 0 atom stereocenters. The SMILES string of the molecule is CNC1CCC(N(C)Cc2nc(-c3ccco3)no2)CC1. The van der Waals surface area contributed by atoms with Crippen LogP contribution in [0.2, 0.25) is 0 Å². The van der Waals surface area contributed by atoms with Gasteiger partial charge in [-0.15, -0.1) is 0 Å². The zero-order valence-corrected chi connectivity index (χ0v) is 12.6. The van der Waals surface area contributed by atoms with Crippen LogP contribution in [0, 0.1) is 0 Å². The van der Waals surface area contributed by atoms with Crippen LogP contribution in [0.5, 0.6) is 0 Å². The van der Waals surface area contributed by atoms with Crippen molar-refractivity contribution in [3.63, 3.8) is 0 Å². The second-order valence-electron chi connectivity index (χ2n) is 5.70. The van der Waals surface area contributed by atoms with Gasteiger partial charge in [-0.05, 0) is 51.9 Å². The van der Waals surface area contributed by atoms with Crippen LogP contribution >= 0.6 is 0 Å². The van der Waals surface area contributed by atoms with Gasteiger partial charge in [0.25, 0.3) is 0 Å². The van der Waals surface area contributed by atoms with Gasteiger partial charge in [-0.2, -0.15) is 4.98 Å². The predicted octanol–water partition coefficient (Wildman–Crippen LogP) is 2.29. The lowest BCUT2D eigenvalue weighted by Gasteiger charge is -2.33. The first-order valence-electron chi connectivity index (χ1n) is 7.50. The predicted molar refractivity (Wildman–Crippen MR) is 78.6 cm³/mol. The van der Waals surface area contributed by atoms with Crippen molar-refractivity contribution in [1.82, 2.24) is 20.4 Å². The van der Waals surface area contributed by atoms with E-state index in [1.54, 1.807) is 6.26 Å². The maximum Gasteiger partial charge on any atom is 0.241 e. The van der Waals surface area contributed by atoms with Crippen molar-refractivity contribution < 1.29 is 8.94 Å². The molecule has 0 saturated heterocycles. The Hall–Kier alpha value is -1.66. The van der Waals surface area contributed by atoms with Gasteiger partial charge in [0.1, 0.15) is 0 Å².